The molecule has 22 heavy (non-hydrogen) atoms. The average molecular weight is 299 g/mol. The number of rotatable bonds is 4. The molecule has 0 spiro atoms. The van der Waals surface area contributed by atoms with E-state index in [1.54, 1.807) is 12.4 Å². The molecule has 0 saturated carbocycles. The van der Waals surface area contributed by atoms with E-state index >= 15 is 0 Å². The summed E-state index contributed by atoms with van der Waals surface area (Å²) in [4.78, 5) is 19.8. The van der Waals surface area contributed by atoms with Crippen LogP contribution in [0.15, 0.2) is 30.6 Å². The maximum absolute atomic E-state index is 12.3. The lowest BCUT2D eigenvalue weighted by Crippen LogP contribution is -2.27. The molecule has 3 rings (SSSR count). The van der Waals surface area contributed by atoms with Gasteiger partial charge in [0.05, 0.1) is 12.2 Å². The smallest absolute Gasteiger partial charge is 0.339 e. The summed E-state index contributed by atoms with van der Waals surface area (Å²) in [5.41, 5.74) is 3.65. The summed E-state index contributed by atoms with van der Waals surface area (Å²) in [6, 6.07) is 5.78. The fourth-order valence-electron chi connectivity index (χ4n) is 2.97. The second kappa shape index (κ2) is 6.75. The SMILES string of the molecule is CCOC(=O)c1cc(-c2ccncc2)[nH]c1C1CCNCC1. The van der Waals surface area contributed by atoms with Crippen LogP contribution in [0.25, 0.3) is 11.3 Å². The summed E-state index contributed by atoms with van der Waals surface area (Å²) < 4.78 is 5.22. The Hall–Kier alpha value is -2.14. The summed E-state index contributed by atoms with van der Waals surface area (Å²) in [5, 5.41) is 3.36. The highest BCUT2D eigenvalue weighted by Crippen LogP contribution is 2.31. The van der Waals surface area contributed by atoms with Gasteiger partial charge in [-0.15, -0.1) is 0 Å². The molecule has 2 aromatic heterocycles. The number of nitrogens with one attached hydrogen (secondary N) is 2. The molecule has 0 aromatic carbocycles. The highest BCUT2D eigenvalue weighted by Gasteiger charge is 2.25. The molecule has 1 saturated heterocycles. The maximum Gasteiger partial charge on any atom is 0.339 e. The minimum Gasteiger partial charge on any atom is -0.462 e. The number of H-pyrrole nitrogens is 1. The largest absolute Gasteiger partial charge is 0.462 e. The number of aromatic nitrogens is 2. The molecule has 0 unspecified atom stereocenters. The van der Waals surface area contributed by atoms with E-state index < -0.39 is 0 Å². The third-order valence-electron chi connectivity index (χ3n) is 4.08. The van der Waals surface area contributed by atoms with Gasteiger partial charge in [-0.1, -0.05) is 0 Å². The van der Waals surface area contributed by atoms with Gasteiger partial charge in [-0.3, -0.25) is 4.98 Å². The zero-order valence-corrected chi connectivity index (χ0v) is 12.8. The topological polar surface area (TPSA) is 67.0 Å². The highest BCUT2D eigenvalue weighted by atomic mass is 16.5. The maximum atomic E-state index is 12.3. The number of ether oxygens (including phenoxy) is 1. The molecule has 5 heteroatoms. The molecule has 0 aliphatic carbocycles. The first-order valence-corrected chi connectivity index (χ1v) is 7.80. The number of nitrogens with zero attached hydrogens (tertiary/aromatic N) is 1. The minimum atomic E-state index is -0.243. The summed E-state index contributed by atoms with van der Waals surface area (Å²) in [6.45, 7) is 4.19. The lowest BCUT2D eigenvalue weighted by Gasteiger charge is -2.22. The van der Waals surface area contributed by atoms with E-state index in [9.17, 15) is 4.79 Å². The van der Waals surface area contributed by atoms with Crippen LogP contribution in [0.1, 0.15) is 41.7 Å². The Labute approximate surface area is 130 Å². The van der Waals surface area contributed by atoms with Gasteiger partial charge in [0, 0.05) is 35.3 Å². The molecule has 0 atom stereocenters. The lowest BCUT2D eigenvalue weighted by atomic mass is 9.92. The molecule has 0 bridgehead atoms. The second-order valence-electron chi connectivity index (χ2n) is 5.49. The van der Waals surface area contributed by atoms with E-state index in [-0.39, 0.29) is 5.97 Å². The van der Waals surface area contributed by atoms with Crippen molar-refractivity contribution in [3.05, 3.63) is 41.9 Å². The number of aromatic amines is 1. The molecule has 0 amide bonds. The van der Waals surface area contributed by atoms with Crippen LogP contribution in [0.5, 0.6) is 0 Å². The molecule has 1 aliphatic heterocycles. The van der Waals surface area contributed by atoms with Gasteiger partial charge in [-0.25, -0.2) is 4.79 Å². The van der Waals surface area contributed by atoms with Gasteiger partial charge in [0.15, 0.2) is 0 Å². The molecular weight excluding hydrogens is 278 g/mol. The molecule has 1 aliphatic rings. The summed E-state index contributed by atoms with van der Waals surface area (Å²) >= 11 is 0. The van der Waals surface area contributed by atoms with Crippen molar-refractivity contribution >= 4 is 5.97 Å². The van der Waals surface area contributed by atoms with Gasteiger partial charge in [0.25, 0.3) is 0 Å². The molecule has 2 aromatic rings. The Balaban J connectivity index is 1.98. The minimum absolute atomic E-state index is 0.243. The van der Waals surface area contributed by atoms with Crippen LogP contribution in [-0.4, -0.2) is 35.6 Å². The molecule has 3 heterocycles. The molecule has 116 valence electrons. The molecule has 5 nitrogen and oxygen atoms in total. The molecule has 2 N–H and O–H groups in total. The number of piperidine rings is 1. The normalized spacial score (nSPS) is 15.7. The Kier molecular flexibility index (Phi) is 4.53. The van der Waals surface area contributed by atoms with Crippen molar-refractivity contribution in [2.45, 2.75) is 25.7 Å². The molecule has 1 fully saturated rings. The zero-order valence-electron chi connectivity index (χ0n) is 12.8. The summed E-state index contributed by atoms with van der Waals surface area (Å²) in [7, 11) is 0. The van der Waals surface area contributed by atoms with Gasteiger partial charge >= 0.3 is 5.97 Å². The van der Waals surface area contributed by atoms with Crippen molar-refractivity contribution in [1.29, 1.82) is 0 Å². The van der Waals surface area contributed by atoms with Gasteiger partial charge in [0.1, 0.15) is 0 Å². The quantitative estimate of drug-likeness (QED) is 0.852. The van der Waals surface area contributed by atoms with Crippen LogP contribution in [0.2, 0.25) is 0 Å². The number of pyridine rings is 1. The van der Waals surface area contributed by atoms with Crippen LogP contribution < -0.4 is 5.32 Å². The third-order valence-corrected chi connectivity index (χ3v) is 4.08. The van der Waals surface area contributed by atoms with Crippen molar-refractivity contribution in [2.24, 2.45) is 0 Å². The number of hydrogen-bond acceptors (Lipinski definition) is 4. The van der Waals surface area contributed by atoms with E-state index in [0.29, 0.717) is 18.1 Å². The summed E-state index contributed by atoms with van der Waals surface area (Å²) in [6.07, 6.45) is 5.57. The van der Waals surface area contributed by atoms with Crippen LogP contribution in [0.4, 0.5) is 0 Å². The fraction of sp³-hybridized carbons (Fsp3) is 0.412. The number of carbonyl (C=O) groups excluding carboxylic acids is 1. The number of esters is 1. The molecule has 0 radical (unpaired) electrons. The van der Waals surface area contributed by atoms with Gasteiger partial charge in [0.2, 0.25) is 0 Å². The van der Waals surface area contributed by atoms with Gasteiger partial charge in [-0.2, -0.15) is 0 Å². The molecular formula is C17H21N3O2. The van der Waals surface area contributed by atoms with Crippen molar-refractivity contribution in [3.63, 3.8) is 0 Å². The predicted octanol–water partition coefficient (Wildman–Crippen LogP) is 2.72. The van der Waals surface area contributed by atoms with Crippen molar-refractivity contribution < 1.29 is 9.53 Å². The Morgan fingerprint density at radius 1 is 1.32 bits per heavy atom. The first-order valence-electron chi connectivity index (χ1n) is 7.80. The van der Waals surface area contributed by atoms with E-state index in [2.05, 4.69) is 15.3 Å². The Morgan fingerprint density at radius 3 is 2.73 bits per heavy atom. The van der Waals surface area contributed by atoms with E-state index in [1.807, 2.05) is 25.1 Å². The van der Waals surface area contributed by atoms with Crippen molar-refractivity contribution in [1.82, 2.24) is 15.3 Å². The third kappa shape index (κ3) is 3.04. The van der Waals surface area contributed by atoms with E-state index in [0.717, 1.165) is 42.9 Å². The predicted molar refractivity (Wildman–Crippen MR) is 84.8 cm³/mol. The van der Waals surface area contributed by atoms with Crippen LogP contribution in [-0.2, 0) is 4.74 Å². The standard InChI is InChI=1S/C17H21N3O2/c1-2-22-17(21)14-11-15(12-3-7-18-8-4-12)20-16(14)13-5-9-19-10-6-13/h3-4,7-8,11,13,19-20H,2,5-6,9-10H2,1H3. The first-order chi connectivity index (χ1) is 10.8. The van der Waals surface area contributed by atoms with Crippen molar-refractivity contribution in [2.75, 3.05) is 19.7 Å². The number of carbonyl (C=O) groups is 1. The second-order valence-corrected chi connectivity index (χ2v) is 5.49. The van der Waals surface area contributed by atoms with Gasteiger partial charge < -0.3 is 15.0 Å². The first kappa shape index (κ1) is 14.8. The van der Waals surface area contributed by atoms with Crippen LogP contribution in [0.3, 0.4) is 0 Å². The zero-order chi connectivity index (χ0) is 15.4. The van der Waals surface area contributed by atoms with Gasteiger partial charge in [-0.05, 0) is 51.1 Å². The van der Waals surface area contributed by atoms with E-state index in [4.69, 9.17) is 4.74 Å². The van der Waals surface area contributed by atoms with Crippen molar-refractivity contribution in [3.8, 4) is 11.3 Å². The Bertz CT molecular complexity index is 631. The Morgan fingerprint density at radius 2 is 2.05 bits per heavy atom. The highest BCUT2D eigenvalue weighted by molar-refractivity contribution is 5.92. The lowest BCUT2D eigenvalue weighted by molar-refractivity contribution is 0.0524. The monoisotopic (exact) mass is 299 g/mol. The average Bonchev–Trinajstić information content (AvgIpc) is 3.02. The fourth-order valence-corrected chi connectivity index (χ4v) is 2.97. The van der Waals surface area contributed by atoms with Crippen LogP contribution in [0, 0.1) is 0 Å². The number of hydrogen-bond donors (Lipinski definition) is 2. The van der Waals surface area contributed by atoms with E-state index in [1.165, 1.54) is 0 Å². The van der Waals surface area contributed by atoms with Crippen LogP contribution >= 0.6 is 0 Å². The summed E-state index contributed by atoms with van der Waals surface area (Å²) in [5.74, 6) is 0.129.